The van der Waals surface area contributed by atoms with Gasteiger partial charge in [-0.15, -0.1) is 0 Å². The van der Waals surface area contributed by atoms with Gasteiger partial charge in [0.2, 0.25) is 0 Å². The second kappa shape index (κ2) is 4.99. The lowest BCUT2D eigenvalue weighted by atomic mass is 10.3. The SMILES string of the molecule is CC(=O)c1cn(CC(C)([P+](=O)O)P(=O)(O)O)cn1. The average molecular weight is 295 g/mol. The summed E-state index contributed by atoms with van der Waals surface area (Å²) in [4.78, 5) is 40.0. The van der Waals surface area contributed by atoms with Gasteiger partial charge >= 0.3 is 20.5 Å². The van der Waals surface area contributed by atoms with E-state index in [4.69, 9.17) is 14.7 Å². The molecule has 18 heavy (non-hydrogen) atoms. The van der Waals surface area contributed by atoms with E-state index in [9.17, 15) is 13.9 Å². The third-order valence-electron chi connectivity index (χ3n) is 2.52. The molecule has 0 fully saturated rings. The number of aromatic nitrogens is 2. The van der Waals surface area contributed by atoms with E-state index in [1.807, 2.05) is 0 Å². The summed E-state index contributed by atoms with van der Waals surface area (Å²) >= 11 is 0. The molecule has 0 bridgehead atoms. The van der Waals surface area contributed by atoms with Crippen LogP contribution in [0.4, 0.5) is 0 Å². The van der Waals surface area contributed by atoms with Crippen molar-refractivity contribution in [3.05, 3.63) is 18.2 Å². The Morgan fingerprint density at radius 3 is 2.50 bits per heavy atom. The van der Waals surface area contributed by atoms with Crippen molar-refractivity contribution >= 4 is 21.4 Å². The van der Waals surface area contributed by atoms with Gasteiger partial charge in [-0.05, 0) is 4.57 Å². The van der Waals surface area contributed by atoms with Gasteiger partial charge in [0.15, 0.2) is 5.78 Å². The van der Waals surface area contributed by atoms with Gasteiger partial charge in [0.1, 0.15) is 5.69 Å². The van der Waals surface area contributed by atoms with Crippen LogP contribution in [0.5, 0.6) is 0 Å². The first-order valence-corrected chi connectivity index (χ1v) is 7.65. The Balaban J connectivity index is 3.09. The summed E-state index contributed by atoms with van der Waals surface area (Å²) in [6.07, 6.45) is 2.46. The maximum Gasteiger partial charge on any atom is 0.526 e. The highest BCUT2D eigenvalue weighted by Crippen LogP contribution is 2.62. The highest BCUT2D eigenvalue weighted by molar-refractivity contribution is 7.67. The Bertz CT molecular complexity index is 535. The van der Waals surface area contributed by atoms with Crippen LogP contribution in [0, 0.1) is 0 Å². The molecule has 0 amide bonds. The molecule has 1 aromatic heterocycles. The first kappa shape index (κ1) is 15.1. The highest BCUT2D eigenvalue weighted by Gasteiger charge is 2.59. The molecule has 1 heterocycles. The molecule has 0 spiro atoms. The van der Waals surface area contributed by atoms with Gasteiger partial charge in [-0.2, -0.15) is 4.89 Å². The first-order chi connectivity index (χ1) is 8.08. The number of ketones is 1. The standard InChI is InChI=1S/C8H12N2O6P2/c1-6(11)7-3-10(5-9-7)4-8(2,17(12)13)18(14,15)16/h3,5H,4H2,1-2H3,(H2-,12,13,14,15,16)/p+1. The Kier molecular flexibility index (Phi) is 4.20. The van der Waals surface area contributed by atoms with E-state index in [1.165, 1.54) is 24.0 Å². The van der Waals surface area contributed by atoms with Gasteiger partial charge in [0.05, 0.1) is 12.9 Å². The highest BCUT2D eigenvalue weighted by atomic mass is 31.2. The molecule has 3 N–H and O–H groups in total. The second-order valence-electron chi connectivity index (χ2n) is 4.02. The maximum absolute atomic E-state index is 11.3. The smallest absolute Gasteiger partial charge is 0.331 e. The molecule has 0 saturated carbocycles. The lowest BCUT2D eigenvalue weighted by molar-refractivity contribution is 0.101. The zero-order valence-corrected chi connectivity index (χ0v) is 11.5. The fourth-order valence-electron chi connectivity index (χ4n) is 1.24. The fourth-order valence-corrected chi connectivity index (χ4v) is 2.76. The molecular weight excluding hydrogens is 282 g/mol. The van der Waals surface area contributed by atoms with Crippen molar-refractivity contribution in [1.29, 1.82) is 0 Å². The van der Waals surface area contributed by atoms with E-state index in [2.05, 4.69) is 4.98 Å². The monoisotopic (exact) mass is 295 g/mol. The number of nitrogens with zero attached hydrogens (tertiary/aromatic N) is 2. The topological polar surface area (TPSA) is 130 Å². The molecule has 1 aromatic rings. The second-order valence-corrected chi connectivity index (χ2v) is 7.98. The van der Waals surface area contributed by atoms with Crippen molar-refractivity contribution in [2.24, 2.45) is 0 Å². The number of Topliss-reactive ketones (excluding diaryl/α,β-unsaturated/α-hetero) is 1. The molecular formula is C8H13N2O6P2+. The summed E-state index contributed by atoms with van der Waals surface area (Å²) in [5.74, 6) is -0.306. The summed E-state index contributed by atoms with van der Waals surface area (Å²) in [5, 5.41) is 0. The van der Waals surface area contributed by atoms with E-state index < -0.39 is 27.1 Å². The summed E-state index contributed by atoms with van der Waals surface area (Å²) < 4.78 is 23.7. The molecule has 0 aromatic carbocycles. The number of carbonyl (C=O) groups is 1. The third kappa shape index (κ3) is 2.91. The Hall–Kier alpha value is -0.910. The van der Waals surface area contributed by atoms with E-state index >= 15 is 0 Å². The predicted molar refractivity (Wildman–Crippen MR) is 62.5 cm³/mol. The fraction of sp³-hybridized carbons (Fsp3) is 0.500. The number of imidazole rings is 1. The minimum absolute atomic E-state index is 0.122. The van der Waals surface area contributed by atoms with Crippen LogP contribution in [0.25, 0.3) is 0 Å². The van der Waals surface area contributed by atoms with Crippen LogP contribution in [0.3, 0.4) is 0 Å². The number of rotatable bonds is 5. The summed E-state index contributed by atoms with van der Waals surface area (Å²) in [6.45, 7) is 1.89. The van der Waals surface area contributed by atoms with Gasteiger partial charge in [0.25, 0.3) is 0 Å². The Morgan fingerprint density at radius 1 is 1.61 bits per heavy atom. The van der Waals surface area contributed by atoms with Crippen LogP contribution in [0.1, 0.15) is 24.3 Å². The summed E-state index contributed by atoms with van der Waals surface area (Å²) in [6, 6.07) is 0. The zero-order valence-electron chi connectivity index (χ0n) is 9.72. The first-order valence-electron chi connectivity index (χ1n) is 4.82. The van der Waals surface area contributed by atoms with E-state index in [1.54, 1.807) is 0 Å². The number of hydrogen-bond donors (Lipinski definition) is 3. The van der Waals surface area contributed by atoms with Crippen LogP contribution in [-0.2, 0) is 15.7 Å². The van der Waals surface area contributed by atoms with Crippen LogP contribution < -0.4 is 0 Å². The van der Waals surface area contributed by atoms with E-state index in [-0.39, 0.29) is 11.5 Å². The van der Waals surface area contributed by atoms with Gasteiger partial charge in [-0.1, -0.05) is 0 Å². The minimum atomic E-state index is -4.79. The molecule has 0 radical (unpaired) electrons. The number of carbonyl (C=O) groups excluding carboxylic acids is 1. The lowest BCUT2D eigenvalue weighted by Gasteiger charge is -2.18. The summed E-state index contributed by atoms with van der Waals surface area (Å²) in [7, 11) is -7.90. The van der Waals surface area contributed by atoms with Crippen molar-refractivity contribution in [3.8, 4) is 0 Å². The molecule has 0 aliphatic rings. The van der Waals surface area contributed by atoms with Gasteiger partial charge in [0, 0.05) is 20.0 Å². The van der Waals surface area contributed by atoms with Gasteiger partial charge in [-0.25, -0.2) is 4.98 Å². The third-order valence-corrected chi connectivity index (χ3v) is 6.17. The minimum Gasteiger partial charge on any atom is -0.331 e. The largest absolute Gasteiger partial charge is 0.526 e. The van der Waals surface area contributed by atoms with Crippen molar-refractivity contribution in [2.45, 2.75) is 25.3 Å². The normalized spacial score (nSPS) is 16.2. The zero-order chi connectivity index (χ0) is 14.1. The Morgan fingerprint density at radius 2 is 2.17 bits per heavy atom. The quantitative estimate of drug-likeness (QED) is 0.538. The molecule has 0 saturated heterocycles. The molecule has 10 heteroatoms. The molecule has 2 unspecified atom stereocenters. The predicted octanol–water partition coefficient (Wildman–Crippen LogP) is 0.714. The average Bonchev–Trinajstić information content (AvgIpc) is 2.63. The van der Waals surface area contributed by atoms with Crippen LogP contribution in [0.2, 0.25) is 0 Å². The van der Waals surface area contributed by atoms with Crippen LogP contribution in [-0.4, -0.2) is 34.9 Å². The van der Waals surface area contributed by atoms with E-state index in [0.29, 0.717) is 0 Å². The molecule has 0 aliphatic heterocycles. The van der Waals surface area contributed by atoms with E-state index in [0.717, 1.165) is 6.92 Å². The molecule has 1 rings (SSSR count). The lowest BCUT2D eigenvalue weighted by Crippen LogP contribution is -2.26. The molecule has 0 aliphatic carbocycles. The Labute approximate surface area is 104 Å². The summed E-state index contributed by atoms with van der Waals surface area (Å²) in [5.41, 5.74) is 0.122. The number of hydrogen-bond acceptors (Lipinski definition) is 4. The van der Waals surface area contributed by atoms with Crippen molar-refractivity contribution < 1.29 is 28.6 Å². The maximum atomic E-state index is 11.3. The molecule has 2 atom stereocenters. The van der Waals surface area contributed by atoms with Crippen molar-refractivity contribution in [2.75, 3.05) is 0 Å². The van der Waals surface area contributed by atoms with Gasteiger partial charge in [-0.3, -0.25) is 9.36 Å². The molecule has 100 valence electrons. The van der Waals surface area contributed by atoms with Crippen LogP contribution >= 0.6 is 15.6 Å². The van der Waals surface area contributed by atoms with Crippen molar-refractivity contribution in [1.82, 2.24) is 9.55 Å². The van der Waals surface area contributed by atoms with Gasteiger partial charge < -0.3 is 14.4 Å². The van der Waals surface area contributed by atoms with Crippen molar-refractivity contribution in [3.63, 3.8) is 0 Å². The van der Waals surface area contributed by atoms with Crippen LogP contribution in [0.15, 0.2) is 12.5 Å². The molecule has 8 nitrogen and oxygen atoms in total.